The van der Waals surface area contributed by atoms with Gasteiger partial charge in [-0.2, -0.15) is 0 Å². The Labute approximate surface area is 169 Å². The lowest BCUT2D eigenvalue weighted by molar-refractivity contribution is -0.120. The van der Waals surface area contributed by atoms with Crippen LogP contribution in [0.3, 0.4) is 0 Å². The van der Waals surface area contributed by atoms with Gasteiger partial charge in [0.15, 0.2) is 0 Å². The third-order valence-electron chi connectivity index (χ3n) is 5.19. The number of nitrogens with one attached hydrogen (secondary N) is 1. The number of thiazole rings is 1. The average molecular weight is 393 g/mol. The molecule has 1 amide bonds. The summed E-state index contributed by atoms with van der Waals surface area (Å²) in [4.78, 5) is 16.9. The maximum atomic E-state index is 12.4. The SMILES string of the molecule is Cc1ccc(OCc2nc(CC(=O)NCC3(c4ccccc4)CC3)cs2)cc1. The number of hydrogen-bond acceptors (Lipinski definition) is 4. The number of hydrogen-bond donors (Lipinski definition) is 1. The molecule has 1 fully saturated rings. The van der Waals surface area contributed by atoms with E-state index in [2.05, 4.69) is 34.6 Å². The zero-order valence-electron chi connectivity index (χ0n) is 16.0. The number of ether oxygens (including phenoxy) is 1. The molecule has 4 rings (SSSR count). The highest BCUT2D eigenvalue weighted by Crippen LogP contribution is 2.47. The average Bonchev–Trinajstić information content (AvgIpc) is 3.39. The first-order valence-corrected chi connectivity index (χ1v) is 10.5. The molecule has 0 radical (unpaired) electrons. The van der Waals surface area contributed by atoms with Crippen molar-refractivity contribution in [1.29, 1.82) is 0 Å². The zero-order chi connectivity index (χ0) is 19.4. The Hall–Kier alpha value is -2.66. The molecule has 0 spiro atoms. The number of carbonyl (C=O) groups is 1. The van der Waals surface area contributed by atoms with Crippen LogP contribution in [0.1, 0.15) is 34.7 Å². The molecule has 3 aromatic rings. The molecule has 1 aliphatic carbocycles. The second-order valence-corrected chi connectivity index (χ2v) is 8.38. The Balaban J connectivity index is 1.26. The zero-order valence-corrected chi connectivity index (χ0v) is 16.8. The van der Waals surface area contributed by atoms with Crippen molar-refractivity contribution in [2.75, 3.05) is 6.54 Å². The van der Waals surface area contributed by atoms with Gasteiger partial charge in [-0.3, -0.25) is 4.79 Å². The van der Waals surface area contributed by atoms with Gasteiger partial charge >= 0.3 is 0 Å². The Kier molecular flexibility index (Phi) is 5.44. The van der Waals surface area contributed by atoms with Crippen molar-refractivity contribution in [3.8, 4) is 5.75 Å². The molecule has 28 heavy (non-hydrogen) atoms. The first kappa shape index (κ1) is 18.7. The lowest BCUT2D eigenvalue weighted by atomic mass is 9.96. The molecular weight excluding hydrogens is 368 g/mol. The maximum absolute atomic E-state index is 12.4. The molecule has 1 aliphatic rings. The molecule has 1 saturated carbocycles. The van der Waals surface area contributed by atoms with E-state index in [1.807, 2.05) is 42.6 Å². The fraction of sp³-hybridized carbons (Fsp3) is 0.304. The van der Waals surface area contributed by atoms with Crippen LogP contribution in [0.25, 0.3) is 0 Å². The summed E-state index contributed by atoms with van der Waals surface area (Å²) in [5.74, 6) is 0.856. The van der Waals surface area contributed by atoms with Crippen LogP contribution in [-0.2, 0) is 23.2 Å². The van der Waals surface area contributed by atoms with Crippen LogP contribution in [0.2, 0.25) is 0 Å². The number of amides is 1. The van der Waals surface area contributed by atoms with E-state index in [1.54, 1.807) is 0 Å². The van der Waals surface area contributed by atoms with Gasteiger partial charge in [-0.1, -0.05) is 48.0 Å². The van der Waals surface area contributed by atoms with Crippen molar-refractivity contribution in [2.45, 2.75) is 38.2 Å². The molecule has 1 heterocycles. The highest BCUT2D eigenvalue weighted by Gasteiger charge is 2.44. The molecule has 0 unspecified atom stereocenters. The van der Waals surface area contributed by atoms with Gasteiger partial charge in [-0.05, 0) is 37.5 Å². The van der Waals surface area contributed by atoms with E-state index >= 15 is 0 Å². The van der Waals surface area contributed by atoms with E-state index in [-0.39, 0.29) is 11.3 Å². The lowest BCUT2D eigenvalue weighted by Crippen LogP contribution is -2.33. The number of benzene rings is 2. The Morgan fingerprint density at radius 3 is 2.61 bits per heavy atom. The van der Waals surface area contributed by atoms with Crippen LogP contribution in [0.15, 0.2) is 60.0 Å². The van der Waals surface area contributed by atoms with Crippen LogP contribution in [0.5, 0.6) is 5.75 Å². The number of rotatable bonds is 8. The minimum absolute atomic E-state index is 0.0264. The van der Waals surface area contributed by atoms with Gasteiger partial charge in [0.25, 0.3) is 0 Å². The van der Waals surface area contributed by atoms with E-state index in [0.717, 1.165) is 29.3 Å². The minimum atomic E-state index is 0.0264. The van der Waals surface area contributed by atoms with Crippen LogP contribution >= 0.6 is 11.3 Å². The summed E-state index contributed by atoms with van der Waals surface area (Å²) in [5.41, 5.74) is 3.45. The normalized spacial score (nSPS) is 14.5. The van der Waals surface area contributed by atoms with Crippen molar-refractivity contribution < 1.29 is 9.53 Å². The maximum Gasteiger partial charge on any atom is 0.226 e. The standard InChI is InChI=1S/C23H24N2O2S/c1-17-7-9-20(10-8-17)27-14-22-25-19(15-28-22)13-21(26)24-16-23(11-12-23)18-5-3-2-4-6-18/h2-10,15H,11-14,16H2,1H3,(H,24,26). The van der Waals surface area contributed by atoms with Crippen LogP contribution in [0, 0.1) is 6.92 Å². The second kappa shape index (κ2) is 8.15. The fourth-order valence-corrected chi connectivity index (χ4v) is 3.99. The Morgan fingerprint density at radius 2 is 1.89 bits per heavy atom. The predicted molar refractivity (Wildman–Crippen MR) is 112 cm³/mol. The van der Waals surface area contributed by atoms with Gasteiger partial charge in [0.2, 0.25) is 5.91 Å². The van der Waals surface area contributed by atoms with Crippen LogP contribution in [-0.4, -0.2) is 17.4 Å². The monoisotopic (exact) mass is 392 g/mol. The Morgan fingerprint density at radius 1 is 1.14 bits per heavy atom. The molecule has 0 atom stereocenters. The van der Waals surface area contributed by atoms with Crippen LogP contribution < -0.4 is 10.1 Å². The number of carbonyl (C=O) groups excluding carboxylic acids is 1. The molecule has 0 saturated heterocycles. The summed E-state index contributed by atoms with van der Waals surface area (Å²) in [6.07, 6.45) is 2.58. The molecule has 1 aromatic heterocycles. The smallest absolute Gasteiger partial charge is 0.226 e. The van der Waals surface area contributed by atoms with Crippen molar-refractivity contribution in [1.82, 2.24) is 10.3 Å². The van der Waals surface area contributed by atoms with Gasteiger partial charge in [0.1, 0.15) is 17.4 Å². The number of aromatic nitrogens is 1. The quantitative estimate of drug-likeness (QED) is 0.617. The van der Waals surface area contributed by atoms with E-state index in [0.29, 0.717) is 19.6 Å². The summed E-state index contributed by atoms with van der Waals surface area (Å²) >= 11 is 1.53. The van der Waals surface area contributed by atoms with E-state index < -0.39 is 0 Å². The van der Waals surface area contributed by atoms with Gasteiger partial charge in [0.05, 0.1) is 12.1 Å². The van der Waals surface area contributed by atoms with Gasteiger partial charge in [0, 0.05) is 17.3 Å². The molecule has 0 bridgehead atoms. The lowest BCUT2D eigenvalue weighted by Gasteiger charge is -2.16. The molecule has 5 heteroatoms. The van der Waals surface area contributed by atoms with Crippen molar-refractivity contribution >= 4 is 17.2 Å². The molecule has 1 N–H and O–H groups in total. The summed E-state index contributed by atoms with van der Waals surface area (Å²) in [7, 11) is 0. The Bertz CT molecular complexity index is 931. The fourth-order valence-electron chi connectivity index (χ4n) is 3.28. The van der Waals surface area contributed by atoms with E-state index in [9.17, 15) is 4.79 Å². The van der Waals surface area contributed by atoms with E-state index in [1.165, 1.54) is 22.5 Å². The van der Waals surface area contributed by atoms with Crippen molar-refractivity contribution in [3.63, 3.8) is 0 Å². The number of aryl methyl sites for hydroxylation is 1. The van der Waals surface area contributed by atoms with Gasteiger partial charge < -0.3 is 10.1 Å². The highest BCUT2D eigenvalue weighted by atomic mass is 32.1. The topological polar surface area (TPSA) is 51.2 Å². The van der Waals surface area contributed by atoms with Crippen molar-refractivity contribution in [2.24, 2.45) is 0 Å². The molecule has 0 aliphatic heterocycles. The molecule has 2 aromatic carbocycles. The second-order valence-electron chi connectivity index (χ2n) is 7.43. The van der Waals surface area contributed by atoms with Crippen molar-refractivity contribution in [3.05, 3.63) is 81.8 Å². The third kappa shape index (κ3) is 4.60. The summed E-state index contributed by atoms with van der Waals surface area (Å²) < 4.78 is 5.76. The third-order valence-corrected chi connectivity index (χ3v) is 6.06. The molecule has 4 nitrogen and oxygen atoms in total. The first-order valence-electron chi connectivity index (χ1n) is 9.58. The molecule has 144 valence electrons. The van der Waals surface area contributed by atoms with Gasteiger partial charge in [-0.15, -0.1) is 11.3 Å². The minimum Gasteiger partial charge on any atom is -0.486 e. The highest BCUT2D eigenvalue weighted by molar-refractivity contribution is 7.09. The summed E-state index contributed by atoms with van der Waals surface area (Å²) in [6, 6.07) is 18.4. The largest absolute Gasteiger partial charge is 0.486 e. The van der Waals surface area contributed by atoms with E-state index in [4.69, 9.17) is 4.74 Å². The van der Waals surface area contributed by atoms with Crippen LogP contribution in [0.4, 0.5) is 0 Å². The van der Waals surface area contributed by atoms with Gasteiger partial charge in [-0.25, -0.2) is 4.98 Å². The number of nitrogens with zero attached hydrogens (tertiary/aromatic N) is 1. The molecular formula is C23H24N2O2S. The summed E-state index contributed by atoms with van der Waals surface area (Å²) in [5, 5.41) is 5.92. The summed E-state index contributed by atoms with van der Waals surface area (Å²) in [6.45, 7) is 3.17. The predicted octanol–water partition coefficient (Wildman–Crippen LogP) is 4.42. The first-order chi connectivity index (χ1) is 13.6.